The molecule has 0 unspecified atom stereocenters. The first kappa shape index (κ1) is 28.3. The van der Waals surface area contributed by atoms with Crippen molar-refractivity contribution in [2.75, 3.05) is 31.9 Å². The SMILES string of the molecule is Cc1ccccc1CSCCNC(=O)[C@@H]1CN(S(=O)(=O)c2ccccc2)CCN1S(=O)(=O)c1ccccc1. The van der Waals surface area contributed by atoms with Gasteiger partial charge in [0.1, 0.15) is 6.04 Å². The minimum atomic E-state index is -4.02. The topological polar surface area (TPSA) is 104 Å². The van der Waals surface area contributed by atoms with E-state index >= 15 is 0 Å². The van der Waals surface area contributed by atoms with E-state index in [1.807, 2.05) is 12.1 Å². The van der Waals surface area contributed by atoms with Gasteiger partial charge in [0.2, 0.25) is 26.0 Å². The van der Waals surface area contributed by atoms with Gasteiger partial charge in [0.25, 0.3) is 0 Å². The van der Waals surface area contributed by atoms with E-state index in [0.29, 0.717) is 12.3 Å². The molecule has 4 rings (SSSR count). The number of amides is 1. The maximum atomic E-state index is 13.5. The van der Waals surface area contributed by atoms with Crippen molar-refractivity contribution >= 4 is 37.7 Å². The highest BCUT2D eigenvalue weighted by Crippen LogP contribution is 2.25. The number of nitrogens with one attached hydrogen (secondary N) is 1. The molecule has 1 aliphatic rings. The predicted octanol–water partition coefficient (Wildman–Crippen LogP) is 3.11. The van der Waals surface area contributed by atoms with Crippen LogP contribution in [0.5, 0.6) is 0 Å². The Labute approximate surface area is 229 Å². The van der Waals surface area contributed by atoms with Crippen molar-refractivity contribution in [3.05, 3.63) is 96.1 Å². The molecule has 11 heteroatoms. The summed E-state index contributed by atoms with van der Waals surface area (Å²) in [5.74, 6) is 0.905. The minimum absolute atomic E-state index is 0.0562. The number of carbonyl (C=O) groups excluding carboxylic acids is 1. The van der Waals surface area contributed by atoms with Crippen LogP contribution in [-0.4, -0.2) is 69.3 Å². The summed E-state index contributed by atoms with van der Waals surface area (Å²) in [6.45, 7) is 1.92. The van der Waals surface area contributed by atoms with Crippen LogP contribution in [0.4, 0.5) is 0 Å². The van der Waals surface area contributed by atoms with E-state index < -0.39 is 32.0 Å². The molecule has 0 radical (unpaired) electrons. The second-order valence-electron chi connectivity index (χ2n) is 8.89. The molecule has 1 saturated heterocycles. The third kappa shape index (κ3) is 6.47. The lowest BCUT2D eigenvalue weighted by Gasteiger charge is -2.38. The molecule has 0 saturated carbocycles. The van der Waals surface area contributed by atoms with Gasteiger partial charge in [0.05, 0.1) is 9.79 Å². The van der Waals surface area contributed by atoms with Crippen LogP contribution >= 0.6 is 11.8 Å². The van der Waals surface area contributed by atoms with Crippen LogP contribution in [0.25, 0.3) is 0 Å². The molecule has 38 heavy (non-hydrogen) atoms. The van der Waals surface area contributed by atoms with Crippen molar-refractivity contribution in [2.24, 2.45) is 0 Å². The van der Waals surface area contributed by atoms with E-state index in [-0.39, 0.29) is 29.4 Å². The average molecular weight is 574 g/mol. The minimum Gasteiger partial charge on any atom is -0.354 e. The van der Waals surface area contributed by atoms with Crippen molar-refractivity contribution in [3.8, 4) is 0 Å². The van der Waals surface area contributed by atoms with Gasteiger partial charge in [-0.2, -0.15) is 20.4 Å². The molecule has 1 heterocycles. The molecule has 3 aromatic rings. The first-order valence-electron chi connectivity index (χ1n) is 12.2. The lowest BCUT2D eigenvalue weighted by Crippen LogP contribution is -2.61. The standard InChI is InChI=1S/C27H31N3O5S3/c1-22-10-8-9-11-23(22)21-36-19-16-28-27(31)26-20-29(37(32,33)24-12-4-2-5-13-24)17-18-30(26)38(34,35)25-14-6-3-7-15-25/h2-15,26H,16-21H2,1H3,(H,28,31)/t26-/m0/s1. The smallest absolute Gasteiger partial charge is 0.243 e. The normalized spacial score (nSPS) is 17.2. The van der Waals surface area contributed by atoms with Crippen LogP contribution in [0.3, 0.4) is 0 Å². The summed E-state index contributed by atoms with van der Waals surface area (Å²) >= 11 is 1.66. The van der Waals surface area contributed by atoms with Crippen LogP contribution in [0.1, 0.15) is 11.1 Å². The second-order valence-corrected chi connectivity index (χ2v) is 13.8. The van der Waals surface area contributed by atoms with Gasteiger partial charge in [-0.05, 0) is 42.3 Å². The number of thioether (sulfide) groups is 1. The third-order valence-corrected chi connectivity index (χ3v) is 11.2. The van der Waals surface area contributed by atoms with E-state index in [2.05, 4.69) is 24.4 Å². The number of piperazine rings is 1. The Morgan fingerprint density at radius 1 is 0.842 bits per heavy atom. The van der Waals surface area contributed by atoms with Crippen molar-refractivity contribution in [1.29, 1.82) is 0 Å². The average Bonchev–Trinajstić information content (AvgIpc) is 2.94. The Bertz CT molecular complexity index is 1450. The number of nitrogens with zero attached hydrogens (tertiary/aromatic N) is 2. The summed E-state index contributed by atoms with van der Waals surface area (Å²) in [5, 5.41) is 2.83. The number of aryl methyl sites for hydroxylation is 1. The Morgan fingerprint density at radius 3 is 2.05 bits per heavy atom. The number of hydrogen-bond donors (Lipinski definition) is 1. The van der Waals surface area contributed by atoms with Crippen LogP contribution in [0.2, 0.25) is 0 Å². The van der Waals surface area contributed by atoms with Crippen molar-refractivity contribution in [2.45, 2.75) is 28.5 Å². The number of sulfonamides is 2. The molecule has 1 amide bonds. The molecular formula is C27H31N3O5S3. The third-order valence-electron chi connectivity index (χ3n) is 6.39. The van der Waals surface area contributed by atoms with Crippen molar-refractivity contribution in [3.63, 3.8) is 0 Å². The van der Waals surface area contributed by atoms with E-state index in [1.54, 1.807) is 48.2 Å². The van der Waals surface area contributed by atoms with Crippen LogP contribution in [-0.2, 0) is 30.6 Å². The van der Waals surface area contributed by atoms with E-state index in [0.717, 1.165) is 10.1 Å². The number of carbonyl (C=O) groups is 1. The predicted molar refractivity (Wildman–Crippen MR) is 150 cm³/mol. The quantitative estimate of drug-likeness (QED) is 0.374. The molecule has 8 nitrogen and oxygen atoms in total. The van der Waals surface area contributed by atoms with Gasteiger partial charge in [-0.25, -0.2) is 16.8 Å². The van der Waals surface area contributed by atoms with Gasteiger partial charge in [-0.3, -0.25) is 4.79 Å². The fourth-order valence-electron chi connectivity index (χ4n) is 4.25. The molecule has 0 aliphatic carbocycles. The maximum absolute atomic E-state index is 13.5. The van der Waals surface area contributed by atoms with Gasteiger partial charge in [-0.15, -0.1) is 0 Å². The lowest BCUT2D eigenvalue weighted by molar-refractivity contribution is -0.125. The molecule has 0 aromatic heterocycles. The first-order valence-corrected chi connectivity index (χ1v) is 16.3. The van der Waals surface area contributed by atoms with E-state index in [4.69, 9.17) is 0 Å². The molecule has 1 N–H and O–H groups in total. The zero-order valence-electron chi connectivity index (χ0n) is 21.1. The van der Waals surface area contributed by atoms with Gasteiger partial charge in [0, 0.05) is 37.7 Å². The monoisotopic (exact) mass is 573 g/mol. The zero-order chi connectivity index (χ0) is 27.2. The largest absolute Gasteiger partial charge is 0.354 e. The molecule has 1 aliphatic heterocycles. The summed E-state index contributed by atoms with van der Waals surface area (Å²) < 4.78 is 55.8. The van der Waals surface area contributed by atoms with Gasteiger partial charge in [-0.1, -0.05) is 60.7 Å². The molecule has 1 atom stereocenters. The summed E-state index contributed by atoms with van der Waals surface area (Å²) in [6, 6.07) is 22.7. The highest BCUT2D eigenvalue weighted by molar-refractivity contribution is 7.98. The summed E-state index contributed by atoms with van der Waals surface area (Å²) in [7, 11) is -7.92. The zero-order valence-corrected chi connectivity index (χ0v) is 23.5. The summed E-state index contributed by atoms with van der Waals surface area (Å²) in [4.78, 5) is 13.5. The van der Waals surface area contributed by atoms with E-state index in [9.17, 15) is 21.6 Å². The molecular weight excluding hydrogens is 543 g/mol. The molecule has 0 bridgehead atoms. The Morgan fingerprint density at radius 2 is 1.42 bits per heavy atom. The highest BCUT2D eigenvalue weighted by atomic mass is 32.2. The molecule has 3 aromatic carbocycles. The second kappa shape index (κ2) is 12.4. The van der Waals surface area contributed by atoms with Crippen LogP contribution < -0.4 is 5.32 Å². The summed E-state index contributed by atoms with van der Waals surface area (Å²) in [6.07, 6.45) is 0. The van der Waals surface area contributed by atoms with Crippen molar-refractivity contribution in [1.82, 2.24) is 13.9 Å². The fraction of sp³-hybridized carbons (Fsp3) is 0.296. The lowest BCUT2D eigenvalue weighted by atomic mass is 10.1. The van der Waals surface area contributed by atoms with Crippen LogP contribution in [0, 0.1) is 6.92 Å². The van der Waals surface area contributed by atoms with Gasteiger partial charge < -0.3 is 5.32 Å². The number of hydrogen-bond acceptors (Lipinski definition) is 6. The molecule has 1 fully saturated rings. The van der Waals surface area contributed by atoms with Crippen LogP contribution in [0.15, 0.2) is 94.7 Å². The van der Waals surface area contributed by atoms with Crippen molar-refractivity contribution < 1.29 is 21.6 Å². The first-order chi connectivity index (χ1) is 18.2. The number of rotatable bonds is 10. The molecule has 202 valence electrons. The summed E-state index contributed by atoms with van der Waals surface area (Å²) in [5.41, 5.74) is 2.42. The fourth-order valence-corrected chi connectivity index (χ4v) is 8.23. The van der Waals surface area contributed by atoms with E-state index in [1.165, 1.54) is 39.7 Å². The Hall–Kier alpha value is -2.70. The Kier molecular flexibility index (Phi) is 9.27. The molecule has 0 spiro atoms. The Balaban J connectivity index is 1.49. The maximum Gasteiger partial charge on any atom is 0.243 e. The number of benzene rings is 3. The van der Waals surface area contributed by atoms with Gasteiger partial charge in [0.15, 0.2) is 0 Å². The highest BCUT2D eigenvalue weighted by Gasteiger charge is 2.43. The van der Waals surface area contributed by atoms with Gasteiger partial charge >= 0.3 is 0 Å².